The Morgan fingerprint density at radius 2 is 1.85 bits per heavy atom. The number of methoxy groups -OCH3 is 1. The van der Waals surface area contributed by atoms with Gasteiger partial charge < -0.3 is 10.1 Å². The number of hydrogen-bond acceptors (Lipinski definition) is 4. The molecular formula is C19H16FN3O3S. The summed E-state index contributed by atoms with van der Waals surface area (Å²) in [5.41, 5.74) is 2.54. The van der Waals surface area contributed by atoms with Crippen LogP contribution in [0.5, 0.6) is 5.75 Å². The molecule has 1 N–H and O–H groups in total. The molecule has 0 fully saturated rings. The van der Waals surface area contributed by atoms with Gasteiger partial charge in [0.05, 0.1) is 30.0 Å². The van der Waals surface area contributed by atoms with Crippen molar-refractivity contribution in [2.75, 3.05) is 12.4 Å². The normalized spacial score (nSPS) is 15.4. The topological polar surface area (TPSA) is 73.2 Å². The fourth-order valence-electron chi connectivity index (χ4n) is 2.95. The summed E-state index contributed by atoms with van der Waals surface area (Å²) >= 11 is 0. The van der Waals surface area contributed by atoms with Crippen LogP contribution in [0.15, 0.2) is 48.5 Å². The third-order valence-electron chi connectivity index (χ3n) is 4.33. The molecule has 1 aliphatic heterocycles. The number of fused-ring (bicyclic) bond motifs is 1. The molecule has 4 rings (SSSR count). The van der Waals surface area contributed by atoms with E-state index in [1.807, 2.05) is 12.1 Å². The molecule has 27 heavy (non-hydrogen) atoms. The minimum absolute atomic E-state index is 0.326. The number of rotatable bonds is 4. The minimum Gasteiger partial charge on any atom is -0.497 e. The van der Waals surface area contributed by atoms with Crippen molar-refractivity contribution in [3.63, 3.8) is 0 Å². The monoisotopic (exact) mass is 385 g/mol. The van der Waals surface area contributed by atoms with Crippen molar-refractivity contribution in [1.29, 1.82) is 0 Å². The summed E-state index contributed by atoms with van der Waals surface area (Å²) in [6.07, 6.45) is 0. The van der Waals surface area contributed by atoms with Gasteiger partial charge >= 0.3 is 0 Å². The lowest BCUT2D eigenvalue weighted by atomic mass is 10.2. The van der Waals surface area contributed by atoms with Gasteiger partial charge in [-0.2, -0.15) is 5.10 Å². The van der Waals surface area contributed by atoms with Crippen LogP contribution in [0.1, 0.15) is 21.6 Å². The Morgan fingerprint density at radius 1 is 1.15 bits per heavy atom. The number of hydrogen-bond donors (Lipinski definition) is 1. The molecule has 2 aromatic carbocycles. The number of nitrogens with zero attached hydrogens (tertiary/aromatic N) is 2. The molecule has 0 radical (unpaired) electrons. The van der Waals surface area contributed by atoms with Gasteiger partial charge in [0.25, 0.3) is 5.91 Å². The maximum absolute atomic E-state index is 13.1. The lowest BCUT2D eigenvalue weighted by Crippen LogP contribution is -2.16. The fraction of sp³-hybridized carbons (Fsp3) is 0.158. The van der Waals surface area contributed by atoms with E-state index in [0.29, 0.717) is 34.3 Å². The van der Waals surface area contributed by atoms with Gasteiger partial charge in [-0.3, -0.25) is 9.00 Å². The maximum atomic E-state index is 13.1. The predicted molar refractivity (Wildman–Crippen MR) is 100 cm³/mol. The van der Waals surface area contributed by atoms with E-state index in [9.17, 15) is 13.4 Å². The number of aromatic nitrogens is 2. The standard InChI is InChI=1S/C19H16FN3O3S/c1-26-15-8-6-14(7-9-15)23-18(16-10-27(25)11-17(16)22-23)21-19(24)12-2-4-13(20)5-3-12/h2-9H,10-11H2,1H3,(H,21,24). The number of amides is 1. The quantitative estimate of drug-likeness (QED) is 0.749. The molecule has 1 aromatic heterocycles. The third kappa shape index (κ3) is 3.35. The van der Waals surface area contributed by atoms with E-state index in [1.165, 1.54) is 24.3 Å². The zero-order valence-corrected chi connectivity index (χ0v) is 15.3. The summed E-state index contributed by atoms with van der Waals surface area (Å²) in [7, 11) is 0.557. The molecule has 0 saturated heterocycles. The SMILES string of the molecule is COc1ccc(-n2nc3c(c2NC(=O)c2ccc(F)cc2)CS(=O)C3)cc1. The van der Waals surface area contributed by atoms with Crippen LogP contribution in [0, 0.1) is 5.82 Å². The second kappa shape index (κ2) is 6.96. The molecule has 2 heterocycles. The van der Waals surface area contributed by atoms with E-state index >= 15 is 0 Å². The number of nitrogens with one attached hydrogen (secondary N) is 1. The highest BCUT2D eigenvalue weighted by atomic mass is 32.2. The summed E-state index contributed by atoms with van der Waals surface area (Å²) in [5, 5.41) is 7.38. The largest absolute Gasteiger partial charge is 0.497 e. The van der Waals surface area contributed by atoms with E-state index in [1.54, 1.807) is 23.9 Å². The van der Waals surface area contributed by atoms with Crippen LogP contribution in [0.25, 0.3) is 5.69 Å². The Bertz CT molecular complexity index is 1030. The van der Waals surface area contributed by atoms with Gasteiger partial charge in [0, 0.05) is 21.9 Å². The first kappa shape index (κ1) is 17.4. The number of carbonyl (C=O) groups excluding carboxylic acids is 1. The van der Waals surface area contributed by atoms with Gasteiger partial charge in [0.1, 0.15) is 17.4 Å². The Morgan fingerprint density at radius 3 is 2.52 bits per heavy atom. The second-order valence-corrected chi connectivity index (χ2v) is 7.53. The minimum atomic E-state index is -1.03. The third-order valence-corrected chi connectivity index (χ3v) is 5.53. The molecule has 0 spiro atoms. The average Bonchev–Trinajstić information content (AvgIpc) is 3.19. The van der Waals surface area contributed by atoms with Crippen molar-refractivity contribution in [3.8, 4) is 11.4 Å². The van der Waals surface area contributed by atoms with Crippen molar-refractivity contribution in [2.45, 2.75) is 11.5 Å². The van der Waals surface area contributed by atoms with Crippen LogP contribution < -0.4 is 10.1 Å². The molecule has 0 bridgehead atoms. The first-order valence-corrected chi connectivity index (χ1v) is 9.71. The van der Waals surface area contributed by atoms with E-state index in [2.05, 4.69) is 10.4 Å². The van der Waals surface area contributed by atoms with Crippen molar-refractivity contribution >= 4 is 22.5 Å². The summed E-state index contributed by atoms with van der Waals surface area (Å²) < 4.78 is 31.8. The first-order valence-electron chi connectivity index (χ1n) is 8.22. The lowest BCUT2D eigenvalue weighted by molar-refractivity contribution is 0.102. The van der Waals surface area contributed by atoms with Gasteiger partial charge in [-0.15, -0.1) is 0 Å². The molecule has 1 aliphatic rings. The van der Waals surface area contributed by atoms with Crippen LogP contribution >= 0.6 is 0 Å². The van der Waals surface area contributed by atoms with Crippen LogP contribution in [0.3, 0.4) is 0 Å². The van der Waals surface area contributed by atoms with Gasteiger partial charge in [-0.1, -0.05) is 0 Å². The molecule has 8 heteroatoms. The predicted octanol–water partition coefficient (Wildman–Crippen LogP) is 3.03. The zero-order chi connectivity index (χ0) is 19.0. The highest BCUT2D eigenvalue weighted by Crippen LogP contribution is 2.32. The highest BCUT2D eigenvalue weighted by Gasteiger charge is 2.28. The van der Waals surface area contributed by atoms with Crippen molar-refractivity contribution in [3.05, 3.63) is 71.2 Å². The average molecular weight is 385 g/mol. The molecule has 3 aromatic rings. The highest BCUT2D eigenvalue weighted by molar-refractivity contribution is 7.83. The number of benzene rings is 2. The lowest BCUT2D eigenvalue weighted by Gasteiger charge is -2.11. The molecule has 0 aliphatic carbocycles. The van der Waals surface area contributed by atoms with Crippen LogP contribution in [0.2, 0.25) is 0 Å². The Kier molecular flexibility index (Phi) is 4.49. The summed E-state index contributed by atoms with van der Waals surface area (Å²) in [6.45, 7) is 0. The van der Waals surface area contributed by atoms with E-state index in [-0.39, 0.29) is 5.91 Å². The smallest absolute Gasteiger partial charge is 0.256 e. The van der Waals surface area contributed by atoms with Crippen LogP contribution in [0.4, 0.5) is 10.2 Å². The fourth-order valence-corrected chi connectivity index (χ4v) is 4.21. The van der Waals surface area contributed by atoms with Gasteiger partial charge in [0.2, 0.25) is 0 Å². The molecule has 0 saturated carbocycles. The summed E-state index contributed by atoms with van der Waals surface area (Å²) in [5.74, 6) is 1.09. The van der Waals surface area contributed by atoms with E-state index in [0.717, 1.165) is 11.3 Å². The van der Waals surface area contributed by atoms with Gasteiger partial charge in [-0.25, -0.2) is 9.07 Å². The molecule has 6 nitrogen and oxygen atoms in total. The molecule has 1 amide bonds. The molecule has 138 valence electrons. The summed E-state index contributed by atoms with van der Waals surface area (Å²) in [6, 6.07) is 12.5. The van der Waals surface area contributed by atoms with E-state index in [4.69, 9.17) is 4.74 Å². The Balaban J connectivity index is 1.72. The van der Waals surface area contributed by atoms with Crippen LogP contribution in [-0.4, -0.2) is 27.0 Å². The van der Waals surface area contributed by atoms with Crippen LogP contribution in [-0.2, 0) is 22.3 Å². The zero-order valence-electron chi connectivity index (χ0n) is 14.4. The first-order chi connectivity index (χ1) is 13.0. The second-order valence-electron chi connectivity index (χ2n) is 6.07. The Labute approximate surface area is 157 Å². The number of carbonyl (C=O) groups is 1. The Hall–Kier alpha value is -3.00. The number of halogens is 1. The van der Waals surface area contributed by atoms with Gasteiger partial charge in [-0.05, 0) is 48.5 Å². The summed E-state index contributed by atoms with van der Waals surface area (Å²) in [4.78, 5) is 12.6. The van der Waals surface area contributed by atoms with Crippen molar-refractivity contribution < 1.29 is 18.1 Å². The van der Waals surface area contributed by atoms with Crippen molar-refractivity contribution in [1.82, 2.24) is 9.78 Å². The number of ether oxygens (including phenoxy) is 1. The maximum Gasteiger partial charge on any atom is 0.256 e. The molecular weight excluding hydrogens is 369 g/mol. The number of anilines is 1. The van der Waals surface area contributed by atoms with Crippen molar-refractivity contribution in [2.24, 2.45) is 0 Å². The molecule has 1 atom stereocenters. The van der Waals surface area contributed by atoms with Gasteiger partial charge in [0.15, 0.2) is 0 Å². The molecule has 1 unspecified atom stereocenters. The van der Waals surface area contributed by atoms with E-state index < -0.39 is 16.6 Å².